The van der Waals surface area contributed by atoms with Crippen LogP contribution in [-0.2, 0) is 0 Å². The van der Waals surface area contributed by atoms with Crippen LogP contribution in [0.3, 0.4) is 0 Å². The third-order valence-electron chi connectivity index (χ3n) is 2.28. The molecule has 2 N–H and O–H groups in total. The first-order chi connectivity index (χ1) is 9.13. The van der Waals surface area contributed by atoms with Crippen LogP contribution in [0.25, 0.3) is 0 Å². The number of aromatic amines is 1. The van der Waals surface area contributed by atoms with Gasteiger partial charge in [0.25, 0.3) is 0 Å². The number of H-pyrrole nitrogens is 1. The van der Waals surface area contributed by atoms with Crippen LogP contribution in [0.1, 0.15) is 13.8 Å². The highest BCUT2D eigenvalue weighted by molar-refractivity contribution is 5.55. The molecule has 0 aliphatic rings. The predicted molar refractivity (Wildman–Crippen MR) is 72.7 cm³/mol. The maximum atomic E-state index is 11.0. The molecule has 0 bridgehead atoms. The lowest BCUT2D eigenvalue weighted by molar-refractivity contribution is 0.271. The van der Waals surface area contributed by atoms with Crippen molar-refractivity contribution in [3.63, 3.8) is 0 Å². The number of ether oxygens (including phenoxy) is 1. The third kappa shape index (κ3) is 4.09. The van der Waals surface area contributed by atoms with Gasteiger partial charge in [-0.3, -0.25) is 0 Å². The zero-order valence-corrected chi connectivity index (χ0v) is 10.9. The van der Waals surface area contributed by atoms with E-state index in [1.807, 2.05) is 24.3 Å². The van der Waals surface area contributed by atoms with Gasteiger partial charge in [0, 0.05) is 5.69 Å². The summed E-state index contributed by atoms with van der Waals surface area (Å²) in [5.41, 5.74) is 0.332. The van der Waals surface area contributed by atoms with Gasteiger partial charge in [0.05, 0.1) is 12.8 Å². The van der Waals surface area contributed by atoms with E-state index in [0.29, 0.717) is 18.3 Å². The zero-order valence-electron chi connectivity index (χ0n) is 10.9. The van der Waals surface area contributed by atoms with E-state index in [0.717, 1.165) is 11.4 Å². The maximum absolute atomic E-state index is 11.0. The van der Waals surface area contributed by atoms with Gasteiger partial charge < -0.3 is 10.1 Å². The summed E-state index contributed by atoms with van der Waals surface area (Å²) in [7, 11) is 0. The summed E-state index contributed by atoms with van der Waals surface area (Å²) in [6.07, 6.45) is 1.45. The fourth-order valence-corrected chi connectivity index (χ4v) is 1.42. The summed E-state index contributed by atoms with van der Waals surface area (Å²) < 4.78 is 5.58. The molecule has 1 heterocycles. The van der Waals surface area contributed by atoms with E-state index < -0.39 is 5.69 Å². The maximum Gasteiger partial charge on any atom is 0.363 e. The first-order valence-corrected chi connectivity index (χ1v) is 6.05. The quantitative estimate of drug-likeness (QED) is 0.858. The topological polar surface area (TPSA) is 79.9 Å². The van der Waals surface area contributed by atoms with Crippen molar-refractivity contribution in [3.05, 3.63) is 40.9 Å². The number of hydrogen-bond donors (Lipinski definition) is 2. The summed E-state index contributed by atoms with van der Waals surface area (Å²) >= 11 is 0. The highest BCUT2D eigenvalue weighted by Gasteiger charge is 2.00. The van der Waals surface area contributed by atoms with E-state index in [2.05, 4.69) is 34.3 Å². The summed E-state index contributed by atoms with van der Waals surface area (Å²) in [4.78, 5) is 14.7. The second-order valence-corrected chi connectivity index (χ2v) is 4.53. The Morgan fingerprint density at radius 1 is 1.32 bits per heavy atom. The molecular weight excluding hydrogens is 244 g/mol. The van der Waals surface area contributed by atoms with Gasteiger partial charge in [-0.15, -0.1) is 0 Å². The number of anilines is 2. The Kier molecular flexibility index (Phi) is 4.12. The van der Waals surface area contributed by atoms with Gasteiger partial charge in [0.1, 0.15) is 5.75 Å². The van der Waals surface area contributed by atoms with Gasteiger partial charge in [0.2, 0.25) is 0 Å². The van der Waals surface area contributed by atoms with Crippen molar-refractivity contribution in [2.45, 2.75) is 13.8 Å². The van der Waals surface area contributed by atoms with Crippen LogP contribution in [0.4, 0.5) is 11.5 Å². The number of nitrogens with zero attached hydrogens (tertiary/aromatic N) is 2. The molecule has 0 spiro atoms. The Morgan fingerprint density at radius 2 is 2.05 bits per heavy atom. The van der Waals surface area contributed by atoms with Gasteiger partial charge in [-0.1, -0.05) is 13.8 Å². The average Bonchev–Trinajstić information content (AvgIpc) is 2.38. The minimum Gasteiger partial charge on any atom is -0.493 e. The smallest absolute Gasteiger partial charge is 0.363 e. The average molecular weight is 260 g/mol. The molecule has 2 rings (SSSR count). The second kappa shape index (κ2) is 5.99. The van der Waals surface area contributed by atoms with Crippen molar-refractivity contribution in [1.29, 1.82) is 0 Å². The normalized spacial score (nSPS) is 10.5. The molecule has 0 radical (unpaired) electrons. The number of nitrogens with one attached hydrogen (secondary N) is 2. The molecule has 0 atom stereocenters. The largest absolute Gasteiger partial charge is 0.493 e. The number of aromatic nitrogens is 3. The molecule has 0 aliphatic heterocycles. The number of benzene rings is 1. The molecule has 1 aromatic heterocycles. The summed E-state index contributed by atoms with van der Waals surface area (Å²) in [5.74, 6) is 1.71. The fraction of sp³-hybridized carbons (Fsp3) is 0.308. The molecular formula is C13H16N4O2. The predicted octanol–water partition coefficient (Wildman–Crippen LogP) is 1.94. The Hall–Kier alpha value is -2.37. The van der Waals surface area contributed by atoms with Crippen LogP contribution < -0.4 is 15.7 Å². The van der Waals surface area contributed by atoms with Crippen molar-refractivity contribution in [2.24, 2.45) is 5.92 Å². The third-order valence-corrected chi connectivity index (χ3v) is 2.28. The number of hydrogen-bond acceptors (Lipinski definition) is 5. The van der Waals surface area contributed by atoms with Gasteiger partial charge >= 0.3 is 5.69 Å². The standard InChI is InChI=1S/C13H16N4O2/c1-9(2)8-19-11-5-3-10(4-6-11)15-12-7-14-17-13(18)16-12/h3-7,9H,8H2,1-2H3,(H2,15,16,17,18). The van der Waals surface area contributed by atoms with Gasteiger partial charge in [-0.05, 0) is 30.2 Å². The molecule has 6 nitrogen and oxygen atoms in total. The fourth-order valence-electron chi connectivity index (χ4n) is 1.42. The van der Waals surface area contributed by atoms with E-state index in [9.17, 15) is 4.79 Å². The van der Waals surface area contributed by atoms with Crippen LogP contribution in [0.5, 0.6) is 5.75 Å². The summed E-state index contributed by atoms with van der Waals surface area (Å²) in [6.45, 7) is 4.88. The van der Waals surface area contributed by atoms with Crippen LogP contribution in [0, 0.1) is 5.92 Å². The Labute approximate surface area is 110 Å². The lowest BCUT2D eigenvalue weighted by Crippen LogP contribution is -2.13. The van der Waals surface area contributed by atoms with E-state index in [-0.39, 0.29) is 0 Å². The molecule has 6 heteroatoms. The van der Waals surface area contributed by atoms with Crippen LogP contribution in [0.15, 0.2) is 35.3 Å². The van der Waals surface area contributed by atoms with Crippen molar-refractivity contribution in [2.75, 3.05) is 11.9 Å². The van der Waals surface area contributed by atoms with Gasteiger partial charge in [0.15, 0.2) is 5.82 Å². The first kappa shape index (κ1) is 13.1. The Bertz CT molecular complexity index is 578. The SMILES string of the molecule is CC(C)COc1ccc(Nc2cn[nH]c(=O)n2)cc1. The molecule has 0 amide bonds. The van der Waals surface area contributed by atoms with Crippen LogP contribution in [0.2, 0.25) is 0 Å². The molecule has 0 unspecified atom stereocenters. The summed E-state index contributed by atoms with van der Waals surface area (Å²) in [5, 5.41) is 8.86. The van der Waals surface area contributed by atoms with E-state index in [4.69, 9.17) is 4.74 Å². The van der Waals surface area contributed by atoms with Crippen molar-refractivity contribution in [1.82, 2.24) is 15.2 Å². The molecule has 0 aliphatic carbocycles. The lowest BCUT2D eigenvalue weighted by Gasteiger charge is -2.09. The molecule has 0 saturated heterocycles. The molecule has 1 aromatic carbocycles. The van der Waals surface area contributed by atoms with Gasteiger partial charge in [-0.25, -0.2) is 9.89 Å². The van der Waals surface area contributed by atoms with Crippen molar-refractivity contribution >= 4 is 11.5 Å². The van der Waals surface area contributed by atoms with Gasteiger partial charge in [-0.2, -0.15) is 10.1 Å². The highest BCUT2D eigenvalue weighted by Crippen LogP contribution is 2.18. The van der Waals surface area contributed by atoms with E-state index >= 15 is 0 Å². The van der Waals surface area contributed by atoms with E-state index in [1.54, 1.807) is 0 Å². The first-order valence-electron chi connectivity index (χ1n) is 6.05. The minimum atomic E-state index is -0.484. The number of rotatable bonds is 5. The molecule has 0 fully saturated rings. The second-order valence-electron chi connectivity index (χ2n) is 4.53. The monoisotopic (exact) mass is 260 g/mol. The highest BCUT2D eigenvalue weighted by atomic mass is 16.5. The van der Waals surface area contributed by atoms with Crippen molar-refractivity contribution in [3.8, 4) is 5.75 Å². The van der Waals surface area contributed by atoms with Crippen molar-refractivity contribution < 1.29 is 4.74 Å². The molecule has 0 saturated carbocycles. The minimum absolute atomic E-state index is 0.402. The molecule has 100 valence electrons. The molecule has 2 aromatic rings. The molecule has 19 heavy (non-hydrogen) atoms. The van der Waals surface area contributed by atoms with Crippen LogP contribution >= 0.6 is 0 Å². The van der Waals surface area contributed by atoms with Crippen LogP contribution in [-0.4, -0.2) is 21.8 Å². The van der Waals surface area contributed by atoms with E-state index in [1.165, 1.54) is 6.20 Å². The Balaban J connectivity index is 2.00. The lowest BCUT2D eigenvalue weighted by atomic mass is 10.2. The summed E-state index contributed by atoms with van der Waals surface area (Å²) in [6, 6.07) is 7.45. The Morgan fingerprint density at radius 3 is 2.68 bits per heavy atom. The zero-order chi connectivity index (χ0) is 13.7.